The molecular formula is C33H30F3N7OS. The molecule has 0 unspecified atom stereocenters. The van der Waals surface area contributed by atoms with Gasteiger partial charge in [-0.25, -0.2) is 23.1 Å². The first-order chi connectivity index (χ1) is 21.7. The van der Waals surface area contributed by atoms with Crippen molar-refractivity contribution >= 4 is 28.6 Å². The van der Waals surface area contributed by atoms with Crippen LogP contribution in [-0.2, 0) is 11.2 Å². The summed E-state index contributed by atoms with van der Waals surface area (Å²) >= 11 is 1.14. The van der Waals surface area contributed by atoms with Crippen molar-refractivity contribution in [3.05, 3.63) is 82.2 Å². The number of halogens is 3. The fourth-order valence-corrected chi connectivity index (χ4v) is 6.67. The summed E-state index contributed by atoms with van der Waals surface area (Å²) in [5.74, 6) is -1.44. The molecule has 0 saturated carbocycles. The standard InChI is InChI=1S/C33H30F3N7OS/c1-4-26-31(43-17-22(15-25(35)32(43)39-26)42-13-11-41(12-14-42)18-28(44)38-3)24-10-9-23(19(2)29(24)36)33-40-30(27(16-37)45-33)20-5-7-21(34)8-6-20/h5-10,15,17H,4,11-14,18H2,1-3H3,(H,38,44). The number of imidazole rings is 1. The molecule has 0 bridgehead atoms. The van der Waals surface area contributed by atoms with Crippen LogP contribution >= 0.6 is 11.3 Å². The molecule has 0 aliphatic carbocycles. The van der Waals surface area contributed by atoms with Crippen molar-refractivity contribution in [1.82, 2.24) is 24.6 Å². The fraction of sp³-hybridized carbons (Fsp3) is 0.273. The molecule has 3 aromatic heterocycles. The zero-order valence-corrected chi connectivity index (χ0v) is 25.8. The highest BCUT2D eigenvalue weighted by molar-refractivity contribution is 7.16. The summed E-state index contributed by atoms with van der Waals surface area (Å²) in [6.07, 6.45) is 2.26. The summed E-state index contributed by atoms with van der Waals surface area (Å²) in [6, 6.07) is 12.7. The van der Waals surface area contributed by atoms with Crippen LogP contribution in [0, 0.1) is 35.7 Å². The first-order valence-electron chi connectivity index (χ1n) is 14.6. The number of hydrogen-bond donors (Lipinski definition) is 1. The largest absolute Gasteiger partial charge is 0.368 e. The molecule has 0 spiro atoms. The minimum atomic E-state index is -0.505. The molecule has 0 radical (unpaired) electrons. The van der Waals surface area contributed by atoms with Gasteiger partial charge in [-0.3, -0.25) is 14.1 Å². The van der Waals surface area contributed by atoms with E-state index in [9.17, 15) is 14.4 Å². The smallest absolute Gasteiger partial charge is 0.233 e. The number of nitriles is 1. The molecule has 2 aromatic carbocycles. The van der Waals surface area contributed by atoms with Gasteiger partial charge in [0.1, 0.15) is 27.6 Å². The van der Waals surface area contributed by atoms with E-state index in [1.807, 2.05) is 11.8 Å². The van der Waals surface area contributed by atoms with Gasteiger partial charge in [0.25, 0.3) is 0 Å². The van der Waals surface area contributed by atoms with Gasteiger partial charge in [0.15, 0.2) is 11.5 Å². The molecule has 5 aromatic rings. The Labute approximate surface area is 262 Å². The van der Waals surface area contributed by atoms with Crippen molar-refractivity contribution in [3.8, 4) is 39.2 Å². The van der Waals surface area contributed by atoms with Gasteiger partial charge in [0.05, 0.1) is 29.3 Å². The third-order valence-electron chi connectivity index (χ3n) is 8.17. The monoisotopic (exact) mass is 629 g/mol. The molecule has 1 fully saturated rings. The Hall–Kier alpha value is -4.73. The maximum Gasteiger partial charge on any atom is 0.233 e. The summed E-state index contributed by atoms with van der Waals surface area (Å²) in [7, 11) is 1.61. The molecule has 0 atom stereocenters. The summed E-state index contributed by atoms with van der Waals surface area (Å²) in [5.41, 5.74) is 3.94. The number of anilines is 1. The zero-order chi connectivity index (χ0) is 31.8. The van der Waals surface area contributed by atoms with Crippen molar-refractivity contribution < 1.29 is 18.0 Å². The van der Waals surface area contributed by atoms with Gasteiger partial charge >= 0.3 is 0 Å². The molecule has 1 N–H and O–H groups in total. The second-order valence-electron chi connectivity index (χ2n) is 10.9. The fourth-order valence-electron chi connectivity index (χ4n) is 5.70. The number of benzene rings is 2. The Morgan fingerprint density at radius 2 is 1.76 bits per heavy atom. The number of piperazine rings is 1. The topological polar surface area (TPSA) is 89.6 Å². The molecule has 230 valence electrons. The van der Waals surface area contributed by atoms with Crippen molar-refractivity contribution in [1.29, 1.82) is 5.26 Å². The Bertz CT molecular complexity index is 1950. The zero-order valence-electron chi connectivity index (χ0n) is 25.0. The van der Waals surface area contributed by atoms with Gasteiger partial charge in [0.2, 0.25) is 5.91 Å². The quantitative estimate of drug-likeness (QED) is 0.244. The van der Waals surface area contributed by atoms with Gasteiger partial charge in [-0.15, -0.1) is 11.3 Å². The number of hydrogen-bond acceptors (Lipinski definition) is 7. The van der Waals surface area contributed by atoms with Crippen LogP contribution in [0.4, 0.5) is 18.9 Å². The molecule has 12 heteroatoms. The first kappa shape index (κ1) is 30.3. The minimum Gasteiger partial charge on any atom is -0.368 e. The number of aryl methyl sites for hydroxylation is 1. The van der Waals surface area contributed by atoms with Crippen molar-refractivity contribution in [2.75, 3.05) is 44.7 Å². The second kappa shape index (κ2) is 12.3. The third-order valence-corrected chi connectivity index (χ3v) is 9.16. The van der Waals surface area contributed by atoms with E-state index in [1.54, 1.807) is 48.8 Å². The van der Waals surface area contributed by atoms with Crippen LogP contribution in [-0.4, -0.2) is 64.9 Å². The van der Waals surface area contributed by atoms with E-state index in [0.717, 1.165) is 11.3 Å². The number of fused-ring (bicyclic) bond motifs is 1. The highest BCUT2D eigenvalue weighted by Crippen LogP contribution is 2.39. The van der Waals surface area contributed by atoms with Crippen molar-refractivity contribution in [3.63, 3.8) is 0 Å². The summed E-state index contributed by atoms with van der Waals surface area (Å²) in [4.78, 5) is 25.4. The van der Waals surface area contributed by atoms with Gasteiger partial charge in [0, 0.05) is 62.2 Å². The molecule has 4 heterocycles. The van der Waals surface area contributed by atoms with E-state index in [0.29, 0.717) is 88.5 Å². The highest BCUT2D eigenvalue weighted by atomic mass is 32.1. The Morgan fingerprint density at radius 1 is 1.04 bits per heavy atom. The maximum absolute atomic E-state index is 16.3. The van der Waals surface area contributed by atoms with Crippen LogP contribution in [0.5, 0.6) is 0 Å². The van der Waals surface area contributed by atoms with Gasteiger partial charge in [-0.2, -0.15) is 5.26 Å². The van der Waals surface area contributed by atoms with Gasteiger partial charge < -0.3 is 10.2 Å². The Balaban J connectivity index is 1.38. The normalized spacial score (nSPS) is 13.8. The van der Waals surface area contributed by atoms with Gasteiger partial charge in [-0.1, -0.05) is 13.0 Å². The number of nitrogens with one attached hydrogen (secondary N) is 1. The summed E-state index contributed by atoms with van der Waals surface area (Å²) in [6.45, 7) is 6.35. The minimum absolute atomic E-state index is 0.0527. The van der Waals surface area contributed by atoms with Crippen LogP contribution in [0.25, 0.3) is 38.7 Å². The maximum atomic E-state index is 16.3. The average Bonchev–Trinajstić information content (AvgIpc) is 3.65. The number of rotatable bonds is 7. The molecule has 1 aliphatic rings. The van der Waals surface area contributed by atoms with Crippen LogP contribution < -0.4 is 10.2 Å². The first-order valence-corrected chi connectivity index (χ1v) is 15.4. The van der Waals surface area contributed by atoms with Crippen LogP contribution in [0.1, 0.15) is 23.1 Å². The van der Waals surface area contributed by atoms with Crippen LogP contribution in [0.2, 0.25) is 0 Å². The number of carbonyl (C=O) groups excluding carboxylic acids is 1. The number of nitrogens with zero attached hydrogens (tertiary/aromatic N) is 6. The van der Waals surface area contributed by atoms with Crippen molar-refractivity contribution in [2.45, 2.75) is 20.3 Å². The lowest BCUT2D eigenvalue weighted by atomic mass is 10.0. The van der Waals surface area contributed by atoms with Crippen LogP contribution in [0.15, 0.2) is 48.7 Å². The number of amides is 1. The lowest BCUT2D eigenvalue weighted by molar-refractivity contribution is -0.121. The lowest BCUT2D eigenvalue weighted by Crippen LogP contribution is -2.49. The summed E-state index contributed by atoms with van der Waals surface area (Å²) in [5, 5.41) is 12.9. The highest BCUT2D eigenvalue weighted by Gasteiger charge is 2.25. The molecule has 6 rings (SSSR count). The Kier molecular flexibility index (Phi) is 8.31. The molecular weight excluding hydrogens is 599 g/mol. The van der Waals surface area contributed by atoms with E-state index in [1.165, 1.54) is 18.2 Å². The van der Waals surface area contributed by atoms with E-state index in [-0.39, 0.29) is 17.1 Å². The molecule has 1 aliphatic heterocycles. The lowest BCUT2D eigenvalue weighted by Gasteiger charge is -2.35. The predicted molar refractivity (Wildman–Crippen MR) is 169 cm³/mol. The van der Waals surface area contributed by atoms with Gasteiger partial charge in [-0.05, 0) is 49.2 Å². The molecule has 1 amide bonds. The number of pyridine rings is 1. The SMILES string of the molecule is CCc1nc2c(F)cc(N3CCN(CC(=O)NC)CC3)cn2c1-c1ccc(-c2nc(-c3ccc(F)cc3)c(C#N)s2)c(C)c1F. The van der Waals surface area contributed by atoms with Crippen LogP contribution in [0.3, 0.4) is 0 Å². The third kappa shape index (κ3) is 5.65. The number of likely N-dealkylation sites (N-methyl/N-ethyl adjacent to an activating group) is 1. The van der Waals surface area contributed by atoms with E-state index < -0.39 is 17.5 Å². The van der Waals surface area contributed by atoms with E-state index >= 15 is 8.78 Å². The Morgan fingerprint density at radius 3 is 2.42 bits per heavy atom. The number of aromatic nitrogens is 3. The number of thiazole rings is 1. The average molecular weight is 630 g/mol. The number of carbonyl (C=O) groups is 1. The van der Waals surface area contributed by atoms with E-state index in [2.05, 4.69) is 26.3 Å². The van der Waals surface area contributed by atoms with Crippen molar-refractivity contribution in [2.24, 2.45) is 0 Å². The molecule has 8 nitrogen and oxygen atoms in total. The summed E-state index contributed by atoms with van der Waals surface area (Å²) < 4.78 is 47.0. The predicted octanol–water partition coefficient (Wildman–Crippen LogP) is 5.82. The second-order valence-corrected chi connectivity index (χ2v) is 11.9. The van der Waals surface area contributed by atoms with E-state index in [4.69, 9.17) is 0 Å². The molecule has 1 saturated heterocycles. The molecule has 45 heavy (non-hydrogen) atoms.